The highest BCUT2D eigenvalue weighted by Gasteiger charge is 2.24. The summed E-state index contributed by atoms with van der Waals surface area (Å²) in [4.78, 5) is 41.9. The molecule has 31 heavy (non-hydrogen) atoms. The lowest BCUT2D eigenvalue weighted by molar-refractivity contribution is -0.119. The summed E-state index contributed by atoms with van der Waals surface area (Å²) in [5.74, 6) is -3.07. The maximum absolute atomic E-state index is 13.4. The molecule has 11 heteroatoms. The number of imide groups is 1. The number of benzene rings is 1. The molecule has 0 unspecified atom stereocenters. The first kappa shape index (κ1) is 22.4. The molecule has 1 aromatic heterocycles. The Morgan fingerprint density at radius 2 is 1.87 bits per heavy atom. The Morgan fingerprint density at radius 3 is 2.55 bits per heavy atom. The summed E-state index contributed by atoms with van der Waals surface area (Å²) >= 11 is 5.77. The second-order valence-electron chi connectivity index (χ2n) is 7.13. The fourth-order valence-corrected chi connectivity index (χ4v) is 3.64. The number of anilines is 2. The Balaban J connectivity index is 1.66. The molecule has 2 heterocycles. The van der Waals surface area contributed by atoms with Crippen molar-refractivity contribution in [3.05, 3.63) is 52.7 Å². The highest BCUT2D eigenvalue weighted by Crippen LogP contribution is 2.29. The average Bonchev–Trinajstić information content (AvgIpc) is 2.71. The molecule has 4 N–H and O–H groups in total. The van der Waals surface area contributed by atoms with E-state index in [0.717, 1.165) is 12.8 Å². The molecule has 4 amide bonds. The lowest BCUT2D eigenvalue weighted by atomic mass is 9.93. The van der Waals surface area contributed by atoms with Crippen molar-refractivity contribution in [3.63, 3.8) is 0 Å². The minimum atomic E-state index is -1.26. The number of amides is 4. The van der Waals surface area contributed by atoms with Crippen LogP contribution in [0.25, 0.3) is 0 Å². The number of piperidine rings is 1. The number of carbonyl (C=O) groups excluding carboxylic acids is 3. The Morgan fingerprint density at radius 1 is 1.19 bits per heavy atom. The summed E-state index contributed by atoms with van der Waals surface area (Å²) in [6, 6.07) is 3.62. The molecule has 0 atom stereocenters. The quantitative estimate of drug-likeness (QED) is 0.604. The van der Waals surface area contributed by atoms with Crippen LogP contribution >= 0.6 is 11.6 Å². The Kier molecular flexibility index (Phi) is 7.01. The number of aromatic nitrogens is 1. The van der Waals surface area contributed by atoms with E-state index in [1.807, 2.05) is 10.2 Å². The molecule has 0 saturated carbocycles. The number of nitrogens with zero attached hydrogens (tertiary/aromatic N) is 2. The van der Waals surface area contributed by atoms with E-state index >= 15 is 0 Å². The minimum absolute atomic E-state index is 0.204. The number of hydrogen-bond acceptors (Lipinski definition) is 5. The lowest BCUT2D eigenvalue weighted by Gasteiger charge is -2.33. The molecule has 0 spiro atoms. The maximum Gasteiger partial charge on any atom is 0.326 e. The van der Waals surface area contributed by atoms with E-state index in [4.69, 9.17) is 17.3 Å². The predicted octanol–water partition coefficient (Wildman–Crippen LogP) is 3.07. The molecule has 1 aliphatic heterocycles. The number of halogens is 3. The van der Waals surface area contributed by atoms with Crippen molar-refractivity contribution >= 4 is 41.0 Å². The van der Waals surface area contributed by atoms with E-state index in [0.29, 0.717) is 43.1 Å². The van der Waals surface area contributed by atoms with Gasteiger partial charge in [0.15, 0.2) is 17.5 Å². The van der Waals surface area contributed by atoms with Crippen LogP contribution in [-0.2, 0) is 4.79 Å². The van der Waals surface area contributed by atoms with Crippen molar-refractivity contribution in [2.24, 2.45) is 11.7 Å². The Labute approximate surface area is 181 Å². The minimum Gasteiger partial charge on any atom is -0.370 e. The molecule has 8 nitrogen and oxygen atoms in total. The molecular formula is C20H20ClF2N5O3. The zero-order valence-corrected chi connectivity index (χ0v) is 17.1. The lowest BCUT2D eigenvalue weighted by Crippen LogP contribution is -2.38. The first-order valence-electron chi connectivity index (χ1n) is 9.49. The monoisotopic (exact) mass is 451 g/mol. The summed E-state index contributed by atoms with van der Waals surface area (Å²) in [6.07, 6.45) is 3.40. The van der Waals surface area contributed by atoms with Gasteiger partial charge in [-0.25, -0.2) is 18.6 Å². The van der Waals surface area contributed by atoms with Crippen LogP contribution in [-0.4, -0.2) is 35.9 Å². The van der Waals surface area contributed by atoms with Gasteiger partial charge in [0, 0.05) is 25.7 Å². The largest absolute Gasteiger partial charge is 0.370 e. The van der Waals surface area contributed by atoms with Crippen LogP contribution in [0, 0.1) is 17.6 Å². The third kappa shape index (κ3) is 5.66. The molecule has 0 radical (unpaired) electrons. The van der Waals surface area contributed by atoms with Crippen LogP contribution in [0.15, 0.2) is 30.5 Å². The summed E-state index contributed by atoms with van der Waals surface area (Å²) in [5.41, 5.74) is 5.24. The van der Waals surface area contributed by atoms with E-state index in [9.17, 15) is 23.2 Å². The molecular weight excluding hydrogens is 432 g/mol. The second-order valence-corrected chi connectivity index (χ2v) is 7.54. The van der Waals surface area contributed by atoms with Crippen molar-refractivity contribution in [2.75, 3.05) is 23.3 Å². The Bertz CT molecular complexity index is 1010. The summed E-state index contributed by atoms with van der Waals surface area (Å²) in [5, 5.41) is 4.24. The van der Waals surface area contributed by atoms with Crippen LogP contribution in [0.4, 0.5) is 25.1 Å². The van der Waals surface area contributed by atoms with Crippen LogP contribution in [0.3, 0.4) is 0 Å². The zero-order valence-electron chi connectivity index (χ0n) is 16.3. The standard InChI is InChI=1S/C20H20ClF2N5O3/c21-13-10-15(23)14(22)9-12(13)19(30)27-20(31)26-16-2-1-5-25-18(16)28-6-3-11(4-7-28)8-17(24)29/h1-2,5,9-11H,3-4,6-8H2,(H2,24,29)(H2,26,27,30,31). The van der Waals surface area contributed by atoms with Crippen LogP contribution in [0.1, 0.15) is 29.6 Å². The van der Waals surface area contributed by atoms with Gasteiger partial charge in [0.05, 0.1) is 16.3 Å². The first-order valence-corrected chi connectivity index (χ1v) is 9.87. The van der Waals surface area contributed by atoms with Crippen molar-refractivity contribution in [1.82, 2.24) is 10.3 Å². The fraction of sp³-hybridized carbons (Fsp3) is 0.300. The van der Waals surface area contributed by atoms with Gasteiger partial charge in [0.25, 0.3) is 5.91 Å². The zero-order chi connectivity index (χ0) is 22.5. The van der Waals surface area contributed by atoms with E-state index in [-0.39, 0.29) is 22.4 Å². The highest BCUT2D eigenvalue weighted by molar-refractivity contribution is 6.34. The van der Waals surface area contributed by atoms with Gasteiger partial charge in [-0.1, -0.05) is 11.6 Å². The van der Waals surface area contributed by atoms with Crippen molar-refractivity contribution in [2.45, 2.75) is 19.3 Å². The van der Waals surface area contributed by atoms with Gasteiger partial charge in [-0.3, -0.25) is 14.9 Å². The van der Waals surface area contributed by atoms with E-state index in [1.165, 1.54) is 0 Å². The van der Waals surface area contributed by atoms with Crippen molar-refractivity contribution in [3.8, 4) is 0 Å². The third-order valence-electron chi connectivity index (χ3n) is 4.92. The smallest absolute Gasteiger partial charge is 0.326 e. The van der Waals surface area contributed by atoms with Gasteiger partial charge in [-0.05, 0) is 43.0 Å². The number of hydrogen-bond donors (Lipinski definition) is 3. The van der Waals surface area contributed by atoms with E-state index in [1.54, 1.807) is 18.3 Å². The molecule has 1 aromatic carbocycles. The molecule has 1 aliphatic rings. The van der Waals surface area contributed by atoms with Gasteiger partial charge >= 0.3 is 6.03 Å². The molecule has 0 bridgehead atoms. The topological polar surface area (TPSA) is 117 Å². The molecule has 0 aliphatic carbocycles. The number of nitrogens with two attached hydrogens (primary N) is 1. The number of urea groups is 1. The van der Waals surface area contributed by atoms with E-state index in [2.05, 4.69) is 10.3 Å². The Hall–Kier alpha value is -3.27. The SMILES string of the molecule is NC(=O)CC1CCN(c2ncccc2NC(=O)NC(=O)c2cc(F)c(F)cc2Cl)CC1. The first-order chi connectivity index (χ1) is 14.7. The summed E-state index contributed by atoms with van der Waals surface area (Å²) in [7, 11) is 0. The number of primary amides is 1. The second kappa shape index (κ2) is 9.69. The van der Waals surface area contributed by atoms with Crippen molar-refractivity contribution in [1.29, 1.82) is 0 Å². The summed E-state index contributed by atoms with van der Waals surface area (Å²) in [6.45, 7) is 1.24. The van der Waals surface area contributed by atoms with Gasteiger partial charge in [0.1, 0.15) is 0 Å². The molecule has 1 saturated heterocycles. The molecule has 3 rings (SSSR count). The highest BCUT2D eigenvalue weighted by atomic mass is 35.5. The molecule has 2 aromatic rings. The van der Waals surface area contributed by atoms with Crippen molar-refractivity contribution < 1.29 is 23.2 Å². The maximum atomic E-state index is 13.4. The normalized spacial score (nSPS) is 14.2. The van der Waals surface area contributed by atoms with Gasteiger partial charge in [0.2, 0.25) is 5.91 Å². The van der Waals surface area contributed by atoms with Crippen LogP contribution in [0.2, 0.25) is 5.02 Å². The average molecular weight is 452 g/mol. The van der Waals surface area contributed by atoms with E-state index < -0.39 is 23.6 Å². The number of carbonyl (C=O) groups is 3. The predicted molar refractivity (Wildman–Crippen MR) is 111 cm³/mol. The number of pyridine rings is 1. The number of rotatable bonds is 5. The van der Waals surface area contributed by atoms with Gasteiger partial charge in [-0.15, -0.1) is 0 Å². The molecule has 164 valence electrons. The van der Waals surface area contributed by atoms with Crippen LogP contribution < -0.4 is 21.3 Å². The molecule has 1 fully saturated rings. The number of nitrogens with one attached hydrogen (secondary N) is 2. The third-order valence-corrected chi connectivity index (χ3v) is 5.23. The fourth-order valence-electron chi connectivity index (χ4n) is 3.40. The van der Waals surface area contributed by atoms with Gasteiger partial charge in [-0.2, -0.15) is 0 Å². The van der Waals surface area contributed by atoms with Gasteiger partial charge < -0.3 is 16.0 Å². The van der Waals surface area contributed by atoms with Crippen LogP contribution in [0.5, 0.6) is 0 Å². The summed E-state index contributed by atoms with van der Waals surface area (Å²) < 4.78 is 26.6.